The Bertz CT molecular complexity index is 2430. The molecule has 0 unspecified atom stereocenters. The van der Waals surface area contributed by atoms with Crippen LogP contribution in [0.1, 0.15) is 85.8 Å². The minimum absolute atomic E-state index is 0.469. The molecule has 0 amide bonds. The average molecular weight is 831 g/mol. The zero-order valence-electron chi connectivity index (χ0n) is 36.9. The largest absolute Gasteiger partial charge is 0.494 e. The van der Waals surface area contributed by atoms with Gasteiger partial charge in [-0.1, -0.05) is 63.8 Å². The smallest absolute Gasteiger partial charge is 0.120 e. The van der Waals surface area contributed by atoms with E-state index in [9.17, 15) is 0 Å². The number of aryl methyl sites for hydroxylation is 4. The van der Waals surface area contributed by atoms with Crippen molar-refractivity contribution in [3.8, 4) is 23.0 Å². The van der Waals surface area contributed by atoms with Crippen LogP contribution in [0.2, 0.25) is 0 Å². The highest BCUT2D eigenvalue weighted by molar-refractivity contribution is 5.59. The summed E-state index contributed by atoms with van der Waals surface area (Å²) in [5.41, 5.74) is 10.5. The lowest BCUT2D eigenvalue weighted by atomic mass is 10.1. The van der Waals surface area contributed by atoms with Crippen molar-refractivity contribution in [3.63, 3.8) is 0 Å². The number of ether oxygens (including phenoxy) is 4. The van der Waals surface area contributed by atoms with Gasteiger partial charge in [-0.05, 0) is 171 Å². The van der Waals surface area contributed by atoms with Gasteiger partial charge in [-0.25, -0.2) is 0 Å². The molecule has 0 aromatic heterocycles. The molecular weight excluding hydrogens is 773 g/mol. The van der Waals surface area contributed by atoms with Crippen molar-refractivity contribution in [1.29, 1.82) is 0 Å². The van der Waals surface area contributed by atoms with Gasteiger partial charge >= 0.3 is 0 Å². The summed E-state index contributed by atoms with van der Waals surface area (Å²) in [6, 6.07) is 39.3. The number of hydrogen-bond donors (Lipinski definition) is 0. The second kappa shape index (κ2) is 23.4. The van der Waals surface area contributed by atoms with Crippen LogP contribution >= 0.6 is 0 Å². The van der Waals surface area contributed by atoms with Crippen molar-refractivity contribution < 1.29 is 18.9 Å². The van der Waals surface area contributed by atoms with Gasteiger partial charge in [0.1, 0.15) is 36.2 Å². The summed E-state index contributed by atoms with van der Waals surface area (Å²) in [7, 11) is 0. The molecule has 0 saturated carbocycles. The van der Waals surface area contributed by atoms with Gasteiger partial charge in [-0.3, -0.25) is 0 Å². The van der Waals surface area contributed by atoms with Gasteiger partial charge in [-0.15, -0.1) is 0 Å². The zero-order chi connectivity index (χ0) is 43.5. The van der Waals surface area contributed by atoms with Crippen LogP contribution in [0.4, 0.5) is 34.1 Å². The molecule has 0 N–H and O–H groups in total. The van der Waals surface area contributed by atoms with E-state index in [0.717, 1.165) is 105 Å². The molecule has 0 aliphatic rings. The number of rotatable bonds is 22. The fourth-order valence-electron chi connectivity index (χ4n) is 6.36. The lowest BCUT2D eigenvalue weighted by molar-refractivity contribution is 0.301. The number of benzene rings is 6. The molecule has 6 rings (SSSR count). The molecule has 0 aliphatic carbocycles. The second-order valence-electron chi connectivity index (χ2n) is 15.4. The Morgan fingerprint density at radius 1 is 0.339 bits per heavy atom. The van der Waals surface area contributed by atoms with E-state index in [1.807, 2.05) is 149 Å². The van der Waals surface area contributed by atoms with Gasteiger partial charge < -0.3 is 18.9 Å². The lowest BCUT2D eigenvalue weighted by Crippen LogP contribution is -1.98. The molecule has 10 heteroatoms. The summed E-state index contributed by atoms with van der Waals surface area (Å²) in [6.07, 6.45) is 6.89. The second-order valence-corrected chi connectivity index (χ2v) is 15.4. The lowest BCUT2D eigenvalue weighted by Gasteiger charge is -2.10. The van der Waals surface area contributed by atoms with Gasteiger partial charge in [-0.2, -0.15) is 30.7 Å². The number of unbranched alkanes of at least 4 members (excludes halogenated alkanes) is 4. The van der Waals surface area contributed by atoms with Crippen LogP contribution < -0.4 is 18.9 Å². The maximum Gasteiger partial charge on any atom is 0.120 e. The molecule has 0 fully saturated rings. The first kappa shape index (κ1) is 44.9. The zero-order valence-corrected chi connectivity index (χ0v) is 36.9. The Kier molecular flexibility index (Phi) is 16.9. The van der Waals surface area contributed by atoms with Gasteiger partial charge in [0, 0.05) is 0 Å². The summed E-state index contributed by atoms with van der Waals surface area (Å²) in [6.45, 7) is 14.8. The van der Waals surface area contributed by atoms with Crippen molar-refractivity contribution in [3.05, 3.63) is 155 Å². The van der Waals surface area contributed by atoms with Crippen LogP contribution in [0.3, 0.4) is 0 Å². The third kappa shape index (κ3) is 13.9. The van der Waals surface area contributed by atoms with Crippen molar-refractivity contribution in [2.45, 2.75) is 93.3 Å². The summed E-state index contributed by atoms with van der Waals surface area (Å²) in [5, 5.41) is 27.1. The monoisotopic (exact) mass is 830 g/mol. The maximum atomic E-state index is 6.07. The van der Waals surface area contributed by atoms with E-state index in [4.69, 9.17) is 18.9 Å². The fourth-order valence-corrected chi connectivity index (χ4v) is 6.36. The third-order valence-electron chi connectivity index (χ3n) is 10.2. The highest BCUT2D eigenvalue weighted by Crippen LogP contribution is 2.33. The molecule has 0 heterocycles. The topological polar surface area (TPSA) is 111 Å². The molecule has 6 aromatic rings. The van der Waals surface area contributed by atoms with Crippen molar-refractivity contribution in [2.75, 3.05) is 13.2 Å². The van der Waals surface area contributed by atoms with E-state index in [0.29, 0.717) is 24.6 Å². The van der Waals surface area contributed by atoms with Crippen LogP contribution in [-0.2, 0) is 13.2 Å². The molecule has 10 nitrogen and oxygen atoms in total. The molecule has 0 aliphatic heterocycles. The molecule has 62 heavy (non-hydrogen) atoms. The van der Waals surface area contributed by atoms with Crippen LogP contribution in [0.5, 0.6) is 23.0 Å². The number of hydrogen-bond acceptors (Lipinski definition) is 10. The summed E-state index contributed by atoms with van der Waals surface area (Å²) < 4.78 is 23.8. The van der Waals surface area contributed by atoms with Crippen molar-refractivity contribution in [1.82, 2.24) is 0 Å². The Hall–Kier alpha value is -6.68. The standard InChI is InChI=1S/C52H58N6O4/c1-7-9-11-29-59-45-21-13-41(14-22-45)35-61-47-25-27-49(37(3)31-47)55-53-43-17-19-44(20-18-43)54-57-51-33-40(6)52(34-39(51)5)58-56-50-28-26-48(32-38(50)4)62-36-42-15-23-46(24-16-42)60-30-12-10-8-2/h13-28,31-34H,7-12,29-30,35-36H2,1-6H3. The Balaban J connectivity index is 0.970. The molecule has 0 saturated heterocycles. The van der Waals surface area contributed by atoms with E-state index in [1.54, 1.807) is 0 Å². The minimum Gasteiger partial charge on any atom is -0.494 e. The molecule has 0 atom stereocenters. The normalized spacial score (nSPS) is 11.5. The molecule has 0 spiro atoms. The molecule has 6 aromatic carbocycles. The molecule has 0 bridgehead atoms. The van der Waals surface area contributed by atoms with Crippen LogP contribution in [0.25, 0.3) is 0 Å². The predicted octanol–water partition coefficient (Wildman–Crippen LogP) is 16.5. The first-order valence-corrected chi connectivity index (χ1v) is 21.6. The number of azo groups is 3. The number of nitrogens with zero attached hydrogens (tertiary/aromatic N) is 6. The summed E-state index contributed by atoms with van der Waals surface area (Å²) >= 11 is 0. The van der Waals surface area contributed by atoms with E-state index < -0.39 is 0 Å². The summed E-state index contributed by atoms with van der Waals surface area (Å²) in [4.78, 5) is 0. The highest BCUT2D eigenvalue weighted by atomic mass is 16.5. The van der Waals surface area contributed by atoms with Gasteiger partial charge in [0.2, 0.25) is 0 Å². The van der Waals surface area contributed by atoms with Gasteiger partial charge in [0.15, 0.2) is 0 Å². The molecule has 0 radical (unpaired) electrons. The first-order valence-electron chi connectivity index (χ1n) is 21.6. The van der Waals surface area contributed by atoms with E-state index in [1.165, 1.54) is 25.7 Å². The van der Waals surface area contributed by atoms with Gasteiger partial charge in [0.05, 0.1) is 47.3 Å². The Labute approximate surface area is 366 Å². The Morgan fingerprint density at radius 3 is 1.10 bits per heavy atom. The molecular formula is C52H58N6O4. The van der Waals surface area contributed by atoms with Crippen LogP contribution in [-0.4, -0.2) is 13.2 Å². The predicted molar refractivity (Wildman–Crippen MR) is 249 cm³/mol. The van der Waals surface area contributed by atoms with E-state index in [2.05, 4.69) is 44.5 Å². The maximum absolute atomic E-state index is 6.07. The summed E-state index contributed by atoms with van der Waals surface area (Å²) in [5.74, 6) is 3.34. The fraction of sp³-hybridized carbons (Fsp3) is 0.308. The highest BCUT2D eigenvalue weighted by Gasteiger charge is 2.08. The van der Waals surface area contributed by atoms with Crippen molar-refractivity contribution >= 4 is 34.1 Å². The molecule has 320 valence electrons. The van der Waals surface area contributed by atoms with Crippen LogP contribution in [0, 0.1) is 27.7 Å². The quantitative estimate of drug-likeness (QED) is 0.0501. The minimum atomic E-state index is 0.469. The average Bonchev–Trinajstić information content (AvgIpc) is 3.29. The Morgan fingerprint density at radius 2 is 0.694 bits per heavy atom. The van der Waals surface area contributed by atoms with E-state index in [-0.39, 0.29) is 0 Å². The first-order chi connectivity index (χ1) is 30.3. The van der Waals surface area contributed by atoms with Crippen molar-refractivity contribution in [2.24, 2.45) is 30.7 Å². The van der Waals surface area contributed by atoms with Gasteiger partial charge in [0.25, 0.3) is 0 Å². The van der Waals surface area contributed by atoms with Crippen LogP contribution in [0.15, 0.2) is 152 Å². The third-order valence-corrected chi connectivity index (χ3v) is 10.2. The van der Waals surface area contributed by atoms with E-state index >= 15 is 0 Å². The SMILES string of the molecule is CCCCCOc1ccc(COc2ccc(N=Nc3ccc(N=Nc4cc(C)c(N=Nc5ccc(OCc6ccc(OCCCCC)cc6)cc5C)cc4C)cc3)c(C)c2)cc1.